The molecular formula is C24H30N6OS. The molecule has 32 heavy (non-hydrogen) atoms. The number of hydrogen-bond acceptors (Lipinski definition) is 6. The molecule has 1 amide bonds. The van der Waals surface area contributed by atoms with Crippen molar-refractivity contribution in [3.05, 3.63) is 53.3 Å². The molecule has 4 heterocycles. The third kappa shape index (κ3) is 3.86. The van der Waals surface area contributed by atoms with E-state index in [0.717, 1.165) is 78.5 Å². The lowest BCUT2D eigenvalue weighted by molar-refractivity contribution is 0.0602. The van der Waals surface area contributed by atoms with Gasteiger partial charge in [0.15, 0.2) is 5.65 Å². The highest BCUT2D eigenvalue weighted by atomic mass is 32.2. The van der Waals surface area contributed by atoms with Gasteiger partial charge >= 0.3 is 0 Å². The summed E-state index contributed by atoms with van der Waals surface area (Å²) in [5, 5.41) is 4.86. The van der Waals surface area contributed by atoms with Crippen LogP contribution < -0.4 is 10.6 Å². The average molecular weight is 451 g/mol. The molecule has 168 valence electrons. The molecule has 2 aromatic heterocycles. The number of aryl methyl sites for hydroxylation is 1. The molecule has 0 aliphatic carbocycles. The van der Waals surface area contributed by atoms with Gasteiger partial charge in [0.25, 0.3) is 5.91 Å². The van der Waals surface area contributed by atoms with Crippen molar-refractivity contribution in [2.75, 3.05) is 30.8 Å². The number of thioether (sulfide) groups is 1. The summed E-state index contributed by atoms with van der Waals surface area (Å²) in [6.45, 7) is 4.60. The predicted octanol–water partition coefficient (Wildman–Crippen LogP) is 3.66. The van der Waals surface area contributed by atoms with Gasteiger partial charge in [0.05, 0.1) is 17.3 Å². The normalized spacial score (nSPS) is 21.5. The highest BCUT2D eigenvalue weighted by Gasteiger charge is 2.32. The van der Waals surface area contributed by atoms with Crippen LogP contribution in [0.2, 0.25) is 0 Å². The topological polar surface area (TPSA) is 79.8 Å². The van der Waals surface area contributed by atoms with Crippen molar-refractivity contribution in [1.29, 1.82) is 0 Å². The van der Waals surface area contributed by atoms with Crippen LogP contribution in [0.25, 0.3) is 5.65 Å². The van der Waals surface area contributed by atoms with Crippen LogP contribution in [-0.4, -0.2) is 57.3 Å². The highest BCUT2D eigenvalue weighted by Crippen LogP contribution is 2.34. The van der Waals surface area contributed by atoms with Crippen molar-refractivity contribution in [1.82, 2.24) is 19.5 Å². The molecule has 2 fully saturated rings. The maximum absolute atomic E-state index is 13.5. The van der Waals surface area contributed by atoms with Gasteiger partial charge in [0, 0.05) is 48.4 Å². The van der Waals surface area contributed by atoms with E-state index in [1.807, 2.05) is 46.1 Å². The second-order valence-corrected chi connectivity index (χ2v) is 9.67. The van der Waals surface area contributed by atoms with Gasteiger partial charge in [0.1, 0.15) is 5.82 Å². The zero-order chi connectivity index (χ0) is 22.2. The molecule has 0 bridgehead atoms. The van der Waals surface area contributed by atoms with Crippen LogP contribution in [0.5, 0.6) is 0 Å². The largest absolute Gasteiger partial charge is 0.355 e. The summed E-state index contributed by atoms with van der Waals surface area (Å²) in [6.07, 6.45) is 8.09. The molecule has 0 radical (unpaired) electrons. The second-order valence-electron chi connectivity index (χ2n) is 8.82. The molecule has 2 aliphatic rings. The number of aromatic nitrogens is 3. The molecule has 2 saturated heterocycles. The SMILES string of the molecule is CSc1ccccc1C(=O)N1CCCC[C@H]1c1cc2nc(N3CC[C@H](N)C3)c(C)cn2n1. The van der Waals surface area contributed by atoms with Crippen LogP contribution in [0.1, 0.15) is 53.3 Å². The molecular weight excluding hydrogens is 420 g/mol. The van der Waals surface area contributed by atoms with Gasteiger partial charge in [-0.3, -0.25) is 4.79 Å². The van der Waals surface area contributed by atoms with Gasteiger partial charge in [-0.05, 0) is 51.0 Å². The minimum absolute atomic E-state index is 0.0307. The molecule has 7 nitrogen and oxygen atoms in total. The number of carbonyl (C=O) groups is 1. The van der Waals surface area contributed by atoms with Gasteiger partial charge in [-0.15, -0.1) is 11.8 Å². The Labute approximate surface area is 193 Å². The summed E-state index contributed by atoms with van der Waals surface area (Å²) < 4.78 is 1.86. The fraction of sp³-hybridized carbons (Fsp3) is 0.458. The van der Waals surface area contributed by atoms with Crippen molar-refractivity contribution in [3.63, 3.8) is 0 Å². The van der Waals surface area contributed by atoms with Gasteiger partial charge in [-0.25, -0.2) is 9.50 Å². The molecule has 2 atom stereocenters. The summed E-state index contributed by atoms with van der Waals surface area (Å²) >= 11 is 1.61. The molecule has 5 rings (SSSR count). The Kier molecular flexibility index (Phi) is 5.82. The van der Waals surface area contributed by atoms with E-state index < -0.39 is 0 Å². The zero-order valence-electron chi connectivity index (χ0n) is 18.7. The number of piperidine rings is 1. The minimum Gasteiger partial charge on any atom is -0.355 e. The molecule has 0 spiro atoms. The van der Waals surface area contributed by atoms with E-state index in [1.54, 1.807) is 11.8 Å². The maximum atomic E-state index is 13.5. The molecule has 0 unspecified atom stereocenters. The third-order valence-corrected chi connectivity index (χ3v) is 7.39. The van der Waals surface area contributed by atoms with E-state index in [1.165, 1.54) is 0 Å². The summed E-state index contributed by atoms with van der Waals surface area (Å²) in [6, 6.07) is 10.1. The van der Waals surface area contributed by atoms with Crippen molar-refractivity contribution in [3.8, 4) is 0 Å². The number of rotatable bonds is 4. The van der Waals surface area contributed by atoms with Crippen LogP contribution in [0, 0.1) is 6.92 Å². The zero-order valence-corrected chi connectivity index (χ0v) is 19.5. The molecule has 8 heteroatoms. The summed E-state index contributed by atoms with van der Waals surface area (Å²) in [7, 11) is 0. The van der Waals surface area contributed by atoms with Crippen LogP contribution in [0.15, 0.2) is 41.4 Å². The lowest BCUT2D eigenvalue weighted by Gasteiger charge is -2.35. The number of anilines is 1. The minimum atomic E-state index is -0.0307. The number of likely N-dealkylation sites (tertiary alicyclic amines) is 1. The summed E-state index contributed by atoms with van der Waals surface area (Å²) in [4.78, 5) is 23.8. The summed E-state index contributed by atoms with van der Waals surface area (Å²) in [5.41, 5.74) is 9.72. The molecule has 3 aromatic rings. The Balaban J connectivity index is 1.48. The smallest absolute Gasteiger partial charge is 0.255 e. The maximum Gasteiger partial charge on any atom is 0.255 e. The van der Waals surface area contributed by atoms with Crippen LogP contribution in [-0.2, 0) is 0 Å². The fourth-order valence-corrected chi connectivity index (χ4v) is 5.53. The van der Waals surface area contributed by atoms with E-state index in [4.69, 9.17) is 15.8 Å². The first-order valence-corrected chi connectivity index (χ1v) is 12.6. The highest BCUT2D eigenvalue weighted by molar-refractivity contribution is 7.98. The Bertz CT molecular complexity index is 1140. The van der Waals surface area contributed by atoms with Gasteiger partial charge < -0.3 is 15.5 Å². The number of fused-ring (bicyclic) bond motifs is 1. The monoisotopic (exact) mass is 450 g/mol. The Morgan fingerprint density at radius 1 is 1.19 bits per heavy atom. The number of nitrogens with two attached hydrogens (primary N) is 1. The Morgan fingerprint density at radius 2 is 2.03 bits per heavy atom. The quantitative estimate of drug-likeness (QED) is 0.611. The third-order valence-electron chi connectivity index (χ3n) is 6.59. The first-order valence-electron chi connectivity index (χ1n) is 11.4. The van der Waals surface area contributed by atoms with Gasteiger partial charge in [-0.2, -0.15) is 5.10 Å². The van der Waals surface area contributed by atoms with Crippen LogP contribution in [0.3, 0.4) is 0 Å². The number of nitrogens with zero attached hydrogens (tertiary/aromatic N) is 5. The van der Waals surface area contributed by atoms with Crippen LogP contribution >= 0.6 is 11.8 Å². The van der Waals surface area contributed by atoms with Crippen molar-refractivity contribution < 1.29 is 4.79 Å². The predicted molar refractivity (Wildman–Crippen MR) is 128 cm³/mol. The van der Waals surface area contributed by atoms with Crippen molar-refractivity contribution in [2.45, 2.75) is 49.6 Å². The molecule has 1 aromatic carbocycles. The number of benzene rings is 1. The molecule has 0 saturated carbocycles. The van der Waals surface area contributed by atoms with E-state index in [0.29, 0.717) is 0 Å². The Hall–Kier alpha value is -2.58. The summed E-state index contributed by atoms with van der Waals surface area (Å²) in [5.74, 6) is 1.08. The first-order chi connectivity index (χ1) is 15.5. The van der Waals surface area contributed by atoms with Gasteiger partial charge in [0.2, 0.25) is 0 Å². The van der Waals surface area contributed by atoms with E-state index >= 15 is 0 Å². The standard InChI is InChI=1S/C24H30N6OS/c1-16-14-30-22(26-23(16)28-12-10-17(25)15-28)13-19(27-30)20-8-5-6-11-29(20)24(31)18-7-3-4-9-21(18)32-2/h3-4,7,9,13-14,17,20H,5-6,8,10-12,15,25H2,1-2H3/t17-,20-/m0/s1. The first kappa shape index (κ1) is 21.3. The average Bonchev–Trinajstić information content (AvgIpc) is 3.43. The lowest BCUT2D eigenvalue weighted by atomic mass is 9.98. The Morgan fingerprint density at radius 3 is 2.81 bits per heavy atom. The van der Waals surface area contributed by atoms with Gasteiger partial charge in [-0.1, -0.05) is 12.1 Å². The van der Waals surface area contributed by atoms with Crippen LogP contribution in [0.4, 0.5) is 5.82 Å². The van der Waals surface area contributed by atoms with Crippen molar-refractivity contribution in [2.24, 2.45) is 5.73 Å². The van der Waals surface area contributed by atoms with Crippen molar-refractivity contribution >= 4 is 29.1 Å². The molecule has 2 N–H and O–H groups in total. The van der Waals surface area contributed by atoms with E-state index in [-0.39, 0.29) is 18.0 Å². The number of hydrogen-bond donors (Lipinski definition) is 1. The molecule has 2 aliphatic heterocycles. The fourth-order valence-electron chi connectivity index (χ4n) is 4.94. The number of amides is 1. The van der Waals surface area contributed by atoms with E-state index in [2.05, 4.69) is 17.9 Å². The lowest BCUT2D eigenvalue weighted by Crippen LogP contribution is -2.39. The van der Waals surface area contributed by atoms with E-state index in [9.17, 15) is 4.79 Å². The number of carbonyl (C=O) groups excluding carboxylic acids is 1. The second kappa shape index (κ2) is 8.75.